The highest BCUT2D eigenvalue weighted by Crippen LogP contribution is 2.38. The summed E-state index contributed by atoms with van der Waals surface area (Å²) in [5.41, 5.74) is 1.80. The molecule has 0 spiro atoms. The quantitative estimate of drug-likeness (QED) is 0.731. The molecule has 2 fully saturated rings. The third-order valence-electron chi connectivity index (χ3n) is 5.73. The number of benzene rings is 2. The lowest BCUT2D eigenvalue weighted by molar-refractivity contribution is -0.0426. The van der Waals surface area contributed by atoms with Crippen LogP contribution in [-0.2, 0) is 4.74 Å². The van der Waals surface area contributed by atoms with E-state index in [4.69, 9.17) is 4.74 Å². The molecular weight excluding hydrogens is 356 g/mol. The molecule has 140 valence electrons. The van der Waals surface area contributed by atoms with E-state index in [1.165, 1.54) is 37.1 Å². The minimum absolute atomic E-state index is 0. The number of hydrogen-bond donors (Lipinski definition) is 0. The normalized spacial score (nSPS) is 25.3. The largest absolute Gasteiger partial charge is 0.365 e. The third-order valence-corrected chi connectivity index (χ3v) is 5.73. The molecule has 0 N–H and O–H groups in total. The Morgan fingerprint density at radius 1 is 0.846 bits per heavy atom. The van der Waals surface area contributed by atoms with Gasteiger partial charge in [-0.1, -0.05) is 24.3 Å². The number of piperidine rings is 1. The van der Waals surface area contributed by atoms with E-state index in [2.05, 4.69) is 11.9 Å². The first-order chi connectivity index (χ1) is 12.1. The first-order valence-electron chi connectivity index (χ1n) is 8.98. The van der Waals surface area contributed by atoms with Gasteiger partial charge in [-0.3, -0.25) is 0 Å². The lowest BCUT2D eigenvalue weighted by atomic mass is 9.97. The molecular formula is C21H24ClF2NO. The second-order valence-corrected chi connectivity index (χ2v) is 7.26. The molecule has 2 bridgehead atoms. The molecule has 0 aromatic heterocycles. The van der Waals surface area contributed by atoms with E-state index in [1.807, 2.05) is 0 Å². The molecule has 0 radical (unpaired) electrons. The van der Waals surface area contributed by atoms with E-state index in [-0.39, 0.29) is 36.2 Å². The molecule has 2 aromatic carbocycles. The Morgan fingerprint density at radius 3 is 1.69 bits per heavy atom. The molecule has 2 saturated heterocycles. The lowest BCUT2D eigenvalue weighted by Gasteiger charge is -2.38. The van der Waals surface area contributed by atoms with E-state index in [9.17, 15) is 8.78 Å². The van der Waals surface area contributed by atoms with Crippen molar-refractivity contribution in [2.75, 3.05) is 7.05 Å². The number of halogens is 3. The van der Waals surface area contributed by atoms with Crippen molar-refractivity contribution in [1.82, 2.24) is 4.90 Å². The molecule has 5 heteroatoms. The van der Waals surface area contributed by atoms with Gasteiger partial charge in [-0.15, -0.1) is 12.4 Å². The van der Waals surface area contributed by atoms with Gasteiger partial charge in [0.25, 0.3) is 0 Å². The summed E-state index contributed by atoms with van der Waals surface area (Å²) >= 11 is 0. The van der Waals surface area contributed by atoms with Crippen LogP contribution in [0, 0.1) is 11.6 Å². The SMILES string of the molecule is CN1[C@@H]2CC[C@H]1CC(OC(c1ccc(F)cc1)c1ccc(F)cc1)C2.Cl. The smallest absolute Gasteiger partial charge is 0.123 e. The highest BCUT2D eigenvalue weighted by molar-refractivity contribution is 5.85. The molecule has 2 aliphatic heterocycles. The summed E-state index contributed by atoms with van der Waals surface area (Å²) in [6.45, 7) is 0. The average molecular weight is 380 g/mol. The van der Waals surface area contributed by atoms with E-state index >= 15 is 0 Å². The van der Waals surface area contributed by atoms with Gasteiger partial charge in [-0.2, -0.15) is 0 Å². The van der Waals surface area contributed by atoms with Crippen molar-refractivity contribution in [3.8, 4) is 0 Å². The monoisotopic (exact) mass is 379 g/mol. The summed E-state index contributed by atoms with van der Waals surface area (Å²) in [6.07, 6.45) is 4.39. The Kier molecular flexibility index (Phi) is 5.96. The van der Waals surface area contributed by atoms with Gasteiger partial charge in [0, 0.05) is 12.1 Å². The van der Waals surface area contributed by atoms with Gasteiger partial charge in [-0.25, -0.2) is 8.78 Å². The number of ether oxygens (including phenoxy) is 1. The van der Waals surface area contributed by atoms with Crippen LogP contribution in [0.3, 0.4) is 0 Å². The van der Waals surface area contributed by atoms with Gasteiger partial charge in [-0.05, 0) is 68.1 Å². The Balaban J connectivity index is 0.00000196. The Hall–Kier alpha value is -1.49. The fraction of sp³-hybridized carbons (Fsp3) is 0.429. The third kappa shape index (κ3) is 3.93. The maximum absolute atomic E-state index is 13.3. The molecule has 2 heterocycles. The van der Waals surface area contributed by atoms with E-state index in [0.717, 1.165) is 24.0 Å². The number of rotatable bonds is 4. The minimum Gasteiger partial charge on any atom is -0.365 e. The van der Waals surface area contributed by atoms with Crippen LogP contribution >= 0.6 is 12.4 Å². The number of nitrogens with zero attached hydrogens (tertiary/aromatic N) is 1. The van der Waals surface area contributed by atoms with Crippen molar-refractivity contribution in [3.63, 3.8) is 0 Å². The predicted molar refractivity (Wildman–Crippen MR) is 101 cm³/mol. The van der Waals surface area contributed by atoms with Crippen molar-refractivity contribution in [1.29, 1.82) is 0 Å². The van der Waals surface area contributed by atoms with Crippen LogP contribution in [0.15, 0.2) is 48.5 Å². The van der Waals surface area contributed by atoms with Crippen molar-refractivity contribution in [2.24, 2.45) is 0 Å². The summed E-state index contributed by atoms with van der Waals surface area (Å²) in [7, 11) is 2.20. The van der Waals surface area contributed by atoms with Crippen molar-refractivity contribution in [2.45, 2.75) is 50.0 Å². The summed E-state index contributed by atoms with van der Waals surface area (Å²) in [6, 6.07) is 14.0. The van der Waals surface area contributed by atoms with Crippen LogP contribution in [0.1, 0.15) is 42.9 Å². The van der Waals surface area contributed by atoms with Crippen LogP contribution in [0.25, 0.3) is 0 Å². The second kappa shape index (κ2) is 8.03. The zero-order valence-corrected chi connectivity index (χ0v) is 15.6. The standard InChI is InChI=1S/C21H23F2NO.ClH/c1-24-18-10-11-19(24)13-20(12-18)25-21(14-2-6-16(22)7-3-14)15-4-8-17(23)9-5-15;/h2-9,18-21H,10-13H2,1H3;1H/t18-,19+,20?;. The summed E-state index contributed by atoms with van der Waals surface area (Å²) in [4.78, 5) is 2.48. The van der Waals surface area contributed by atoms with Crippen LogP contribution in [0.2, 0.25) is 0 Å². The Labute approximate surface area is 159 Å². The topological polar surface area (TPSA) is 12.5 Å². The molecule has 2 nitrogen and oxygen atoms in total. The fourth-order valence-corrected chi connectivity index (χ4v) is 4.29. The predicted octanol–water partition coefficient (Wildman–Crippen LogP) is 5.12. The molecule has 26 heavy (non-hydrogen) atoms. The summed E-state index contributed by atoms with van der Waals surface area (Å²) in [5, 5.41) is 0. The maximum Gasteiger partial charge on any atom is 0.123 e. The molecule has 0 amide bonds. The zero-order chi connectivity index (χ0) is 17.4. The molecule has 2 aliphatic rings. The van der Waals surface area contributed by atoms with Crippen LogP contribution in [0.4, 0.5) is 8.78 Å². The van der Waals surface area contributed by atoms with Gasteiger partial charge in [0.15, 0.2) is 0 Å². The highest BCUT2D eigenvalue weighted by atomic mass is 35.5. The Bertz CT molecular complexity index is 662. The van der Waals surface area contributed by atoms with Crippen LogP contribution < -0.4 is 0 Å². The minimum atomic E-state index is -0.297. The number of hydrogen-bond acceptors (Lipinski definition) is 2. The van der Waals surface area contributed by atoms with Crippen LogP contribution in [-0.4, -0.2) is 30.1 Å². The van der Waals surface area contributed by atoms with E-state index in [0.29, 0.717) is 12.1 Å². The van der Waals surface area contributed by atoms with Crippen molar-refractivity contribution >= 4 is 12.4 Å². The molecule has 1 unspecified atom stereocenters. The van der Waals surface area contributed by atoms with Gasteiger partial charge in [0.05, 0.1) is 6.10 Å². The van der Waals surface area contributed by atoms with Crippen molar-refractivity contribution in [3.05, 3.63) is 71.3 Å². The van der Waals surface area contributed by atoms with Crippen molar-refractivity contribution < 1.29 is 13.5 Å². The summed E-state index contributed by atoms with van der Waals surface area (Å²) in [5.74, 6) is -0.530. The van der Waals surface area contributed by atoms with Gasteiger partial charge in [0.2, 0.25) is 0 Å². The first kappa shape index (κ1) is 19.3. The molecule has 4 rings (SSSR count). The second-order valence-electron chi connectivity index (χ2n) is 7.26. The highest BCUT2D eigenvalue weighted by Gasteiger charge is 2.39. The zero-order valence-electron chi connectivity index (χ0n) is 14.8. The molecule has 0 aliphatic carbocycles. The molecule has 3 atom stereocenters. The Morgan fingerprint density at radius 2 is 1.27 bits per heavy atom. The van der Waals surface area contributed by atoms with Crippen LogP contribution in [0.5, 0.6) is 0 Å². The lowest BCUT2D eigenvalue weighted by Crippen LogP contribution is -2.43. The average Bonchev–Trinajstić information content (AvgIpc) is 2.83. The molecule has 0 saturated carbocycles. The summed E-state index contributed by atoms with van der Waals surface area (Å²) < 4.78 is 33.1. The first-order valence-corrected chi connectivity index (χ1v) is 8.98. The van der Waals surface area contributed by atoms with Gasteiger partial charge < -0.3 is 9.64 Å². The fourth-order valence-electron chi connectivity index (χ4n) is 4.29. The van der Waals surface area contributed by atoms with E-state index < -0.39 is 0 Å². The van der Waals surface area contributed by atoms with Gasteiger partial charge in [0.1, 0.15) is 17.7 Å². The maximum atomic E-state index is 13.3. The molecule has 2 aromatic rings. The van der Waals surface area contributed by atoms with E-state index in [1.54, 1.807) is 24.3 Å². The number of fused-ring (bicyclic) bond motifs is 2. The van der Waals surface area contributed by atoms with Gasteiger partial charge >= 0.3 is 0 Å².